The molecule has 0 fully saturated rings. The monoisotopic (exact) mass is 355 g/mol. The Balaban J connectivity index is 2.05. The van der Waals surface area contributed by atoms with Gasteiger partial charge in [0.05, 0.1) is 23.4 Å². The fourth-order valence-corrected chi connectivity index (χ4v) is 2.41. The van der Waals surface area contributed by atoms with Crippen molar-refractivity contribution in [3.05, 3.63) is 53.9 Å². The molecule has 0 atom stereocenters. The number of pyridine rings is 1. The Morgan fingerprint density at radius 2 is 1.77 bits per heavy atom. The van der Waals surface area contributed by atoms with Crippen molar-refractivity contribution in [2.24, 2.45) is 0 Å². The number of anilines is 1. The first kappa shape index (κ1) is 19.4. The van der Waals surface area contributed by atoms with E-state index in [0.29, 0.717) is 35.7 Å². The second-order valence-electron chi connectivity index (χ2n) is 5.81. The third-order valence-corrected chi connectivity index (χ3v) is 3.76. The molecule has 0 spiro atoms. The average Bonchev–Trinajstić information content (AvgIpc) is 2.67. The number of unbranched alkanes of at least 4 members (excludes halogenated alkanes) is 2. The first-order valence-electron chi connectivity index (χ1n) is 8.92. The summed E-state index contributed by atoms with van der Waals surface area (Å²) in [5.41, 5.74) is 1.26. The minimum absolute atomic E-state index is 0.224. The summed E-state index contributed by atoms with van der Waals surface area (Å²) in [4.78, 5) is 28.7. The van der Waals surface area contributed by atoms with Crippen LogP contribution in [0.25, 0.3) is 0 Å². The van der Waals surface area contributed by atoms with Crippen molar-refractivity contribution in [2.75, 3.05) is 18.5 Å². The molecule has 2 aromatic rings. The van der Waals surface area contributed by atoms with E-state index in [9.17, 15) is 9.59 Å². The molecule has 0 unspecified atom stereocenters. The lowest BCUT2D eigenvalue weighted by molar-refractivity contribution is 0.0952. The maximum absolute atomic E-state index is 12.5. The van der Waals surface area contributed by atoms with Crippen LogP contribution < -0.4 is 15.4 Å². The summed E-state index contributed by atoms with van der Waals surface area (Å²) in [6.45, 7) is 5.11. The van der Waals surface area contributed by atoms with E-state index in [4.69, 9.17) is 4.74 Å². The number of carbonyl (C=O) groups excluding carboxylic acids is 2. The van der Waals surface area contributed by atoms with Gasteiger partial charge in [-0.05, 0) is 31.5 Å². The van der Waals surface area contributed by atoms with Crippen molar-refractivity contribution >= 4 is 17.5 Å². The number of aromatic nitrogens is 1. The highest BCUT2D eigenvalue weighted by Gasteiger charge is 2.13. The lowest BCUT2D eigenvalue weighted by Crippen LogP contribution is -2.25. The van der Waals surface area contributed by atoms with E-state index >= 15 is 0 Å². The van der Waals surface area contributed by atoms with Crippen molar-refractivity contribution in [1.29, 1.82) is 0 Å². The van der Waals surface area contributed by atoms with Gasteiger partial charge < -0.3 is 15.4 Å². The molecule has 0 radical (unpaired) electrons. The van der Waals surface area contributed by atoms with Crippen LogP contribution in [-0.4, -0.2) is 29.9 Å². The van der Waals surface area contributed by atoms with E-state index in [1.54, 1.807) is 18.2 Å². The molecule has 6 heteroatoms. The van der Waals surface area contributed by atoms with E-state index in [-0.39, 0.29) is 11.8 Å². The third kappa shape index (κ3) is 5.58. The summed E-state index contributed by atoms with van der Waals surface area (Å²) in [5, 5.41) is 5.65. The van der Waals surface area contributed by atoms with E-state index in [0.717, 1.165) is 19.3 Å². The number of nitrogens with zero attached hydrogens (tertiary/aromatic N) is 1. The molecule has 26 heavy (non-hydrogen) atoms. The van der Waals surface area contributed by atoms with Crippen LogP contribution in [0.2, 0.25) is 0 Å². The van der Waals surface area contributed by atoms with Gasteiger partial charge in [0.2, 0.25) is 0 Å². The topological polar surface area (TPSA) is 80.3 Å². The number of carbonyl (C=O) groups is 2. The second-order valence-corrected chi connectivity index (χ2v) is 5.81. The Morgan fingerprint density at radius 1 is 1.04 bits per heavy atom. The van der Waals surface area contributed by atoms with E-state index in [2.05, 4.69) is 22.5 Å². The molecule has 0 saturated carbocycles. The maximum Gasteiger partial charge on any atom is 0.257 e. The summed E-state index contributed by atoms with van der Waals surface area (Å²) in [5.74, 6) is 0.0318. The lowest BCUT2D eigenvalue weighted by atomic mass is 10.1. The van der Waals surface area contributed by atoms with Gasteiger partial charge in [0.25, 0.3) is 11.8 Å². The fourth-order valence-electron chi connectivity index (χ4n) is 2.41. The molecule has 0 aliphatic rings. The predicted molar refractivity (Wildman–Crippen MR) is 102 cm³/mol. The Hall–Kier alpha value is -2.89. The van der Waals surface area contributed by atoms with Crippen molar-refractivity contribution in [3.63, 3.8) is 0 Å². The zero-order valence-corrected chi connectivity index (χ0v) is 15.2. The minimum atomic E-state index is -0.342. The summed E-state index contributed by atoms with van der Waals surface area (Å²) >= 11 is 0. The van der Waals surface area contributed by atoms with Gasteiger partial charge in [-0.25, -0.2) is 0 Å². The first-order valence-corrected chi connectivity index (χ1v) is 8.92. The standard InChI is InChI=1S/C20H25N3O3/c1-3-5-8-11-22-19(24)15-12-16(14-21-13-15)20(25)23-17-9-6-7-10-18(17)26-4-2/h6-7,9-10,12-14H,3-5,8,11H2,1-2H3,(H,22,24)(H,23,25). The van der Waals surface area contributed by atoms with Crippen LogP contribution in [0.4, 0.5) is 5.69 Å². The Labute approximate surface area is 154 Å². The van der Waals surface area contributed by atoms with Crippen LogP contribution in [0, 0.1) is 0 Å². The SMILES string of the molecule is CCCCCNC(=O)c1cncc(C(=O)Nc2ccccc2OCC)c1. The van der Waals surface area contributed by atoms with Gasteiger partial charge in [-0.3, -0.25) is 14.6 Å². The van der Waals surface area contributed by atoms with Crippen LogP contribution in [0.1, 0.15) is 53.8 Å². The molecule has 2 N–H and O–H groups in total. The van der Waals surface area contributed by atoms with Crippen LogP contribution >= 0.6 is 0 Å². The van der Waals surface area contributed by atoms with Crippen molar-refractivity contribution < 1.29 is 14.3 Å². The third-order valence-electron chi connectivity index (χ3n) is 3.76. The molecule has 2 rings (SSSR count). The molecule has 138 valence electrons. The largest absolute Gasteiger partial charge is 0.492 e. The van der Waals surface area contributed by atoms with Crippen LogP contribution in [0.3, 0.4) is 0 Å². The molecular weight excluding hydrogens is 330 g/mol. The molecular formula is C20H25N3O3. The predicted octanol–water partition coefficient (Wildman–Crippen LogP) is 3.65. The first-order chi connectivity index (χ1) is 12.7. The Bertz CT molecular complexity index is 747. The number of nitrogens with one attached hydrogen (secondary N) is 2. The normalized spacial score (nSPS) is 10.2. The van der Waals surface area contributed by atoms with Crippen molar-refractivity contribution in [3.8, 4) is 5.75 Å². The molecule has 0 bridgehead atoms. The van der Waals surface area contributed by atoms with Gasteiger partial charge in [-0.2, -0.15) is 0 Å². The quantitative estimate of drug-likeness (QED) is 0.673. The smallest absolute Gasteiger partial charge is 0.257 e. The van der Waals surface area contributed by atoms with E-state index < -0.39 is 0 Å². The van der Waals surface area contributed by atoms with Gasteiger partial charge in [-0.1, -0.05) is 31.9 Å². The average molecular weight is 355 g/mol. The minimum Gasteiger partial charge on any atom is -0.492 e. The molecule has 1 heterocycles. The van der Waals surface area contributed by atoms with Gasteiger partial charge >= 0.3 is 0 Å². The van der Waals surface area contributed by atoms with Crippen LogP contribution in [0.5, 0.6) is 5.75 Å². The maximum atomic E-state index is 12.5. The number of benzene rings is 1. The molecule has 0 aliphatic carbocycles. The molecule has 1 aromatic heterocycles. The molecule has 2 amide bonds. The Morgan fingerprint density at radius 3 is 2.50 bits per heavy atom. The van der Waals surface area contributed by atoms with Crippen LogP contribution in [-0.2, 0) is 0 Å². The summed E-state index contributed by atoms with van der Waals surface area (Å²) in [6, 6.07) is 8.75. The Kier molecular flexibility index (Phi) is 7.61. The van der Waals surface area contributed by atoms with Gasteiger partial charge in [0.1, 0.15) is 5.75 Å². The molecule has 6 nitrogen and oxygen atoms in total. The number of hydrogen-bond acceptors (Lipinski definition) is 4. The van der Waals surface area contributed by atoms with Crippen LogP contribution in [0.15, 0.2) is 42.7 Å². The van der Waals surface area contributed by atoms with Crippen molar-refractivity contribution in [2.45, 2.75) is 33.1 Å². The summed E-state index contributed by atoms with van der Waals surface area (Å²) < 4.78 is 5.51. The fraction of sp³-hybridized carbons (Fsp3) is 0.350. The molecule has 0 saturated heterocycles. The highest BCUT2D eigenvalue weighted by Crippen LogP contribution is 2.24. The van der Waals surface area contributed by atoms with E-state index in [1.165, 1.54) is 12.4 Å². The number of ether oxygens (including phenoxy) is 1. The molecule has 0 aliphatic heterocycles. The van der Waals surface area contributed by atoms with Gasteiger partial charge in [0, 0.05) is 18.9 Å². The van der Waals surface area contributed by atoms with Gasteiger partial charge in [0.15, 0.2) is 0 Å². The zero-order chi connectivity index (χ0) is 18.8. The number of rotatable bonds is 9. The number of amides is 2. The second kappa shape index (κ2) is 10.2. The number of para-hydroxylation sites is 2. The highest BCUT2D eigenvalue weighted by molar-refractivity contribution is 6.06. The van der Waals surface area contributed by atoms with E-state index in [1.807, 2.05) is 19.1 Å². The van der Waals surface area contributed by atoms with Crippen molar-refractivity contribution in [1.82, 2.24) is 10.3 Å². The molecule has 1 aromatic carbocycles. The lowest BCUT2D eigenvalue weighted by Gasteiger charge is -2.11. The van der Waals surface area contributed by atoms with Gasteiger partial charge in [-0.15, -0.1) is 0 Å². The number of hydrogen-bond donors (Lipinski definition) is 2. The summed E-state index contributed by atoms with van der Waals surface area (Å²) in [6.07, 6.45) is 5.99. The zero-order valence-electron chi connectivity index (χ0n) is 15.2. The highest BCUT2D eigenvalue weighted by atomic mass is 16.5. The summed E-state index contributed by atoms with van der Waals surface area (Å²) in [7, 11) is 0.